The summed E-state index contributed by atoms with van der Waals surface area (Å²) in [6.45, 7) is 4.71. The Morgan fingerprint density at radius 1 is 1.07 bits per heavy atom. The highest BCUT2D eigenvalue weighted by Crippen LogP contribution is 2.24. The van der Waals surface area contributed by atoms with Crippen LogP contribution in [0.2, 0.25) is 0 Å². The molecule has 0 bridgehead atoms. The third-order valence-corrected chi connectivity index (χ3v) is 5.62. The minimum absolute atomic E-state index is 0.0442. The molecule has 2 N–H and O–H groups in total. The summed E-state index contributed by atoms with van der Waals surface area (Å²) in [6, 6.07) is 12.7. The summed E-state index contributed by atoms with van der Waals surface area (Å²) in [5.74, 6) is -0.0724. The van der Waals surface area contributed by atoms with E-state index in [0.29, 0.717) is 12.2 Å². The van der Waals surface area contributed by atoms with Crippen molar-refractivity contribution in [2.24, 2.45) is 0 Å². The van der Waals surface area contributed by atoms with Crippen molar-refractivity contribution in [2.45, 2.75) is 39.7 Å². The second kappa shape index (κ2) is 9.37. The van der Waals surface area contributed by atoms with Gasteiger partial charge in [0.25, 0.3) is 11.8 Å². The molecule has 0 aliphatic carbocycles. The Kier molecular flexibility index (Phi) is 6.66. The highest BCUT2D eigenvalue weighted by atomic mass is 32.1. The number of furan rings is 1. The second-order valence-corrected chi connectivity index (χ2v) is 7.61. The summed E-state index contributed by atoms with van der Waals surface area (Å²) in [5, 5.41) is 5.74. The van der Waals surface area contributed by atoms with Crippen molar-refractivity contribution < 1.29 is 14.0 Å². The molecule has 3 aromatic rings. The van der Waals surface area contributed by atoms with Gasteiger partial charge in [0, 0.05) is 17.1 Å². The number of rotatable bonds is 8. The number of aryl methyl sites for hydroxylation is 2. The zero-order valence-corrected chi connectivity index (χ0v) is 16.9. The van der Waals surface area contributed by atoms with E-state index in [4.69, 9.17) is 4.42 Å². The summed E-state index contributed by atoms with van der Waals surface area (Å²) in [6.07, 6.45) is 4.51. The predicted octanol–water partition coefficient (Wildman–Crippen LogP) is 5.04. The Morgan fingerprint density at radius 2 is 1.86 bits per heavy atom. The van der Waals surface area contributed by atoms with E-state index < -0.39 is 0 Å². The highest BCUT2D eigenvalue weighted by molar-refractivity contribution is 7.14. The molecular weight excluding hydrogens is 372 g/mol. The zero-order valence-electron chi connectivity index (χ0n) is 16.1. The molecule has 0 fully saturated rings. The number of anilines is 1. The predicted molar refractivity (Wildman–Crippen MR) is 112 cm³/mol. The van der Waals surface area contributed by atoms with Gasteiger partial charge < -0.3 is 15.1 Å². The summed E-state index contributed by atoms with van der Waals surface area (Å²) >= 11 is 1.59. The van der Waals surface area contributed by atoms with E-state index in [1.807, 2.05) is 30.3 Å². The van der Waals surface area contributed by atoms with Crippen molar-refractivity contribution in [3.05, 3.63) is 75.4 Å². The molecule has 28 heavy (non-hydrogen) atoms. The van der Waals surface area contributed by atoms with Crippen molar-refractivity contribution in [1.29, 1.82) is 0 Å². The molecule has 3 rings (SSSR count). The normalized spacial score (nSPS) is 10.6. The van der Waals surface area contributed by atoms with E-state index in [0.717, 1.165) is 29.7 Å². The Morgan fingerprint density at radius 3 is 2.50 bits per heavy atom. The van der Waals surface area contributed by atoms with Crippen molar-refractivity contribution in [3.8, 4) is 0 Å². The number of amides is 2. The molecular formula is C22H24N2O3S. The van der Waals surface area contributed by atoms with E-state index in [9.17, 15) is 9.59 Å². The average Bonchev–Trinajstić information content (AvgIpc) is 3.37. The zero-order chi connectivity index (χ0) is 19.9. The van der Waals surface area contributed by atoms with Crippen LogP contribution in [0.15, 0.2) is 53.1 Å². The molecule has 2 amide bonds. The minimum atomic E-state index is -0.293. The lowest BCUT2D eigenvalue weighted by Gasteiger charge is -2.06. The van der Waals surface area contributed by atoms with Gasteiger partial charge in [-0.25, -0.2) is 0 Å². The van der Waals surface area contributed by atoms with Crippen LogP contribution in [0.25, 0.3) is 0 Å². The number of hydrogen-bond donors (Lipinski definition) is 2. The van der Waals surface area contributed by atoms with Gasteiger partial charge in [-0.05, 0) is 54.3 Å². The van der Waals surface area contributed by atoms with Gasteiger partial charge in [-0.15, -0.1) is 11.3 Å². The van der Waals surface area contributed by atoms with E-state index >= 15 is 0 Å². The van der Waals surface area contributed by atoms with Crippen LogP contribution in [0.5, 0.6) is 0 Å². The maximum absolute atomic E-state index is 12.5. The van der Waals surface area contributed by atoms with Gasteiger partial charge in [0.05, 0.1) is 11.1 Å². The van der Waals surface area contributed by atoms with Gasteiger partial charge in [0.1, 0.15) is 0 Å². The van der Waals surface area contributed by atoms with E-state index in [1.165, 1.54) is 16.7 Å². The van der Waals surface area contributed by atoms with Crippen LogP contribution in [0.1, 0.15) is 56.5 Å². The smallest absolute Gasteiger partial charge is 0.291 e. The monoisotopic (exact) mass is 396 g/mol. The van der Waals surface area contributed by atoms with E-state index in [1.54, 1.807) is 23.5 Å². The molecule has 0 radical (unpaired) electrons. The standard InChI is InChI=1S/C22H24N2O3S/c1-3-6-19-16(4-2)13-20(28-19)22(26)23-14-15-8-10-17(11-9-15)24-21(25)18-7-5-12-27-18/h5,7-13H,3-4,6,14H2,1-2H3,(H,23,26)(H,24,25). The first-order valence-corrected chi connectivity index (χ1v) is 10.3. The Bertz CT molecular complexity index is 927. The number of benzene rings is 1. The summed E-state index contributed by atoms with van der Waals surface area (Å²) in [5.41, 5.74) is 2.91. The molecule has 0 aliphatic heterocycles. The molecule has 0 spiro atoms. The lowest BCUT2D eigenvalue weighted by molar-refractivity contribution is 0.0953. The van der Waals surface area contributed by atoms with Crippen molar-refractivity contribution >= 4 is 28.8 Å². The summed E-state index contributed by atoms with van der Waals surface area (Å²) in [4.78, 5) is 26.5. The lowest BCUT2D eigenvalue weighted by Crippen LogP contribution is -2.21. The van der Waals surface area contributed by atoms with E-state index in [2.05, 4.69) is 24.5 Å². The maximum atomic E-state index is 12.5. The first-order valence-electron chi connectivity index (χ1n) is 9.44. The molecule has 1 aromatic carbocycles. The number of carbonyl (C=O) groups excluding carboxylic acids is 2. The van der Waals surface area contributed by atoms with Gasteiger partial charge in [-0.2, -0.15) is 0 Å². The second-order valence-electron chi connectivity index (χ2n) is 6.47. The van der Waals surface area contributed by atoms with Gasteiger partial charge >= 0.3 is 0 Å². The van der Waals surface area contributed by atoms with Gasteiger partial charge in [0.15, 0.2) is 5.76 Å². The Hall–Kier alpha value is -2.86. The average molecular weight is 397 g/mol. The molecule has 0 saturated heterocycles. The minimum Gasteiger partial charge on any atom is -0.459 e. The SMILES string of the molecule is CCCc1sc(C(=O)NCc2ccc(NC(=O)c3ccco3)cc2)cc1CC. The highest BCUT2D eigenvalue weighted by Gasteiger charge is 2.13. The van der Waals surface area contributed by atoms with Crippen LogP contribution in [-0.4, -0.2) is 11.8 Å². The van der Waals surface area contributed by atoms with Crippen LogP contribution in [-0.2, 0) is 19.4 Å². The van der Waals surface area contributed by atoms with Crippen LogP contribution in [0, 0.1) is 0 Å². The topological polar surface area (TPSA) is 71.3 Å². The van der Waals surface area contributed by atoms with Crippen LogP contribution in [0.3, 0.4) is 0 Å². The van der Waals surface area contributed by atoms with Crippen molar-refractivity contribution in [2.75, 3.05) is 5.32 Å². The summed E-state index contributed by atoms with van der Waals surface area (Å²) in [7, 11) is 0. The van der Waals surface area contributed by atoms with Crippen LogP contribution >= 0.6 is 11.3 Å². The quantitative estimate of drug-likeness (QED) is 0.560. The summed E-state index contributed by atoms with van der Waals surface area (Å²) < 4.78 is 5.07. The first kappa shape index (κ1) is 19.9. The number of hydrogen-bond acceptors (Lipinski definition) is 4. The molecule has 0 saturated carbocycles. The molecule has 0 aliphatic rings. The lowest BCUT2D eigenvalue weighted by atomic mass is 10.1. The van der Waals surface area contributed by atoms with Gasteiger partial charge in [-0.3, -0.25) is 9.59 Å². The van der Waals surface area contributed by atoms with Crippen LogP contribution < -0.4 is 10.6 Å². The third kappa shape index (κ3) is 4.89. The maximum Gasteiger partial charge on any atom is 0.291 e. The van der Waals surface area contributed by atoms with E-state index in [-0.39, 0.29) is 17.6 Å². The first-order chi connectivity index (χ1) is 13.6. The van der Waals surface area contributed by atoms with Gasteiger partial charge in [0.2, 0.25) is 0 Å². The van der Waals surface area contributed by atoms with Crippen molar-refractivity contribution in [1.82, 2.24) is 5.32 Å². The van der Waals surface area contributed by atoms with Crippen LogP contribution in [0.4, 0.5) is 5.69 Å². The number of nitrogens with one attached hydrogen (secondary N) is 2. The molecule has 0 atom stereocenters. The molecule has 2 heterocycles. The fourth-order valence-corrected chi connectivity index (χ4v) is 4.16. The third-order valence-electron chi connectivity index (χ3n) is 4.39. The number of carbonyl (C=O) groups is 2. The molecule has 6 heteroatoms. The fourth-order valence-electron chi connectivity index (χ4n) is 2.89. The Balaban J connectivity index is 1.56. The molecule has 5 nitrogen and oxygen atoms in total. The largest absolute Gasteiger partial charge is 0.459 e. The Labute approximate surface area is 168 Å². The van der Waals surface area contributed by atoms with Gasteiger partial charge in [-0.1, -0.05) is 32.4 Å². The fraction of sp³-hybridized carbons (Fsp3) is 0.273. The van der Waals surface area contributed by atoms with Crippen molar-refractivity contribution in [3.63, 3.8) is 0 Å². The molecule has 0 unspecified atom stereocenters. The molecule has 146 valence electrons. The molecule has 2 aromatic heterocycles. The number of thiophene rings is 1.